The Labute approximate surface area is 117 Å². The van der Waals surface area contributed by atoms with Crippen LogP contribution >= 0.6 is 0 Å². The predicted octanol–water partition coefficient (Wildman–Crippen LogP) is 3.37. The van der Waals surface area contributed by atoms with Crippen LogP contribution in [0.1, 0.15) is 11.5 Å². The third-order valence-corrected chi connectivity index (χ3v) is 3.25. The minimum absolute atomic E-state index is 0.701. The van der Waals surface area contributed by atoms with Crippen LogP contribution in [0.15, 0.2) is 46.9 Å². The van der Waals surface area contributed by atoms with Crippen molar-refractivity contribution in [2.45, 2.75) is 13.3 Å². The van der Waals surface area contributed by atoms with Crippen LogP contribution in [-0.2, 0) is 6.42 Å². The van der Waals surface area contributed by atoms with Crippen molar-refractivity contribution in [3.8, 4) is 0 Å². The first-order valence-corrected chi connectivity index (χ1v) is 6.67. The van der Waals surface area contributed by atoms with Gasteiger partial charge in [-0.3, -0.25) is 0 Å². The molecule has 4 heteroatoms. The monoisotopic (exact) mass is 267 g/mol. The zero-order valence-corrected chi connectivity index (χ0v) is 11.4. The fourth-order valence-electron chi connectivity index (χ4n) is 2.24. The number of nitrogens with one attached hydrogen (secondary N) is 1. The lowest BCUT2D eigenvalue weighted by molar-refractivity contribution is 0.560. The summed E-state index contributed by atoms with van der Waals surface area (Å²) in [5, 5.41) is 3.34. The lowest BCUT2D eigenvalue weighted by Gasteiger charge is -2.08. The molecule has 1 aromatic heterocycles. The molecule has 3 N–H and O–H groups in total. The number of nitrogens with two attached hydrogens (primary N) is 1. The maximum atomic E-state index is 5.89. The molecule has 0 spiro atoms. The first-order valence-electron chi connectivity index (χ1n) is 6.67. The Hall–Kier alpha value is -2.49. The third-order valence-electron chi connectivity index (χ3n) is 3.25. The van der Waals surface area contributed by atoms with Crippen LogP contribution in [0, 0.1) is 6.92 Å². The molecule has 0 aliphatic rings. The van der Waals surface area contributed by atoms with Crippen molar-refractivity contribution in [1.82, 2.24) is 4.98 Å². The van der Waals surface area contributed by atoms with Gasteiger partial charge in [-0.05, 0) is 36.2 Å². The summed E-state index contributed by atoms with van der Waals surface area (Å²) in [6.45, 7) is 2.69. The first-order chi connectivity index (χ1) is 9.72. The van der Waals surface area contributed by atoms with Crippen molar-refractivity contribution >= 4 is 22.5 Å². The average Bonchev–Trinajstić information content (AvgIpc) is 2.80. The van der Waals surface area contributed by atoms with Crippen molar-refractivity contribution in [1.29, 1.82) is 0 Å². The number of nitrogen functional groups attached to an aromatic ring is 1. The molecule has 102 valence electrons. The molecule has 0 amide bonds. The molecular weight excluding hydrogens is 250 g/mol. The van der Waals surface area contributed by atoms with Gasteiger partial charge < -0.3 is 15.5 Å². The highest BCUT2D eigenvalue weighted by molar-refractivity contribution is 5.73. The largest absolute Gasteiger partial charge is 0.441 e. The molecule has 20 heavy (non-hydrogen) atoms. The summed E-state index contributed by atoms with van der Waals surface area (Å²) in [5.41, 5.74) is 10.6. The normalized spacial score (nSPS) is 10.8. The van der Waals surface area contributed by atoms with Crippen LogP contribution in [0.2, 0.25) is 0 Å². The van der Waals surface area contributed by atoms with Crippen LogP contribution in [0.25, 0.3) is 11.1 Å². The first kappa shape index (κ1) is 12.5. The minimum atomic E-state index is 0.701. The molecule has 0 aliphatic heterocycles. The van der Waals surface area contributed by atoms with E-state index in [0.29, 0.717) is 5.89 Å². The van der Waals surface area contributed by atoms with Gasteiger partial charge in [0.1, 0.15) is 5.52 Å². The van der Waals surface area contributed by atoms with Crippen molar-refractivity contribution in [3.63, 3.8) is 0 Å². The molecule has 3 aromatic rings. The number of benzene rings is 2. The Bertz CT molecular complexity index is 733. The van der Waals surface area contributed by atoms with Crippen LogP contribution in [0.4, 0.5) is 11.4 Å². The summed E-state index contributed by atoms with van der Waals surface area (Å²) in [6, 6.07) is 13.9. The molecule has 0 aliphatic carbocycles. The smallest absolute Gasteiger partial charge is 0.192 e. The highest BCUT2D eigenvalue weighted by Crippen LogP contribution is 2.19. The van der Waals surface area contributed by atoms with Crippen molar-refractivity contribution in [2.75, 3.05) is 17.6 Å². The highest BCUT2D eigenvalue weighted by atomic mass is 16.3. The summed E-state index contributed by atoms with van der Waals surface area (Å²) in [6.07, 6.45) is 0.907. The van der Waals surface area contributed by atoms with E-state index in [1.165, 1.54) is 5.56 Å². The van der Waals surface area contributed by atoms with Gasteiger partial charge in [0.2, 0.25) is 0 Å². The molecule has 1 heterocycles. The summed E-state index contributed by atoms with van der Waals surface area (Å²) in [7, 11) is 0. The summed E-state index contributed by atoms with van der Waals surface area (Å²) >= 11 is 0. The second-order valence-electron chi connectivity index (χ2n) is 4.80. The lowest BCUT2D eigenvalue weighted by atomic mass is 10.1. The summed E-state index contributed by atoms with van der Waals surface area (Å²) in [5.74, 6) is 0.701. The van der Waals surface area contributed by atoms with Crippen molar-refractivity contribution < 1.29 is 4.42 Å². The van der Waals surface area contributed by atoms with E-state index < -0.39 is 0 Å². The Morgan fingerprint density at radius 3 is 2.90 bits per heavy atom. The fraction of sp³-hybridized carbons (Fsp3) is 0.188. The number of aryl methyl sites for hydroxylation is 1. The number of nitrogens with zero attached hydrogens (tertiary/aromatic N) is 1. The van der Waals surface area contributed by atoms with E-state index in [-0.39, 0.29) is 0 Å². The van der Waals surface area contributed by atoms with Gasteiger partial charge in [-0.25, -0.2) is 4.98 Å². The number of hydrogen-bond acceptors (Lipinski definition) is 4. The van der Waals surface area contributed by atoms with Crippen LogP contribution < -0.4 is 11.1 Å². The van der Waals surface area contributed by atoms with E-state index in [2.05, 4.69) is 16.4 Å². The maximum absolute atomic E-state index is 5.89. The van der Waals surface area contributed by atoms with Gasteiger partial charge in [-0.1, -0.05) is 18.2 Å². The highest BCUT2D eigenvalue weighted by Gasteiger charge is 2.03. The molecule has 0 saturated carbocycles. The molecule has 0 fully saturated rings. The maximum Gasteiger partial charge on any atom is 0.192 e. The van der Waals surface area contributed by atoms with Gasteiger partial charge >= 0.3 is 0 Å². The van der Waals surface area contributed by atoms with E-state index in [0.717, 1.165) is 35.4 Å². The molecule has 0 saturated heterocycles. The van der Waals surface area contributed by atoms with Crippen LogP contribution in [0.5, 0.6) is 0 Å². The molecule has 0 unspecified atom stereocenters. The standard InChI is InChI=1S/C16H17N3O/c1-11-19-15-7-6-12(10-16(15)20-11)8-9-18-14-5-3-2-4-13(14)17/h2-7,10,18H,8-9,17H2,1H3. The average molecular weight is 267 g/mol. The van der Waals surface area contributed by atoms with Crippen molar-refractivity contribution in [3.05, 3.63) is 53.9 Å². The van der Waals surface area contributed by atoms with Crippen molar-refractivity contribution in [2.24, 2.45) is 0 Å². The van der Waals surface area contributed by atoms with E-state index in [1.54, 1.807) is 0 Å². The Morgan fingerprint density at radius 2 is 2.05 bits per heavy atom. The number of para-hydroxylation sites is 2. The van der Waals surface area contributed by atoms with Gasteiger partial charge in [-0.2, -0.15) is 0 Å². The Balaban J connectivity index is 1.66. The van der Waals surface area contributed by atoms with Gasteiger partial charge in [-0.15, -0.1) is 0 Å². The number of anilines is 2. The topological polar surface area (TPSA) is 64.1 Å². The molecule has 0 atom stereocenters. The Morgan fingerprint density at radius 1 is 1.20 bits per heavy atom. The molecule has 2 aromatic carbocycles. The van der Waals surface area contributed by atoms with Gasteiger partial charge in [0.05, 0.1) is 11.4 Å². The minimum Gasteiger partial charge on any atom is -0.441 e. The fourth-order valence-corrected chi connectivity index (χ4v) is 2.24. The van der Waals surface area contributed by atoms with E-state index >= 15 is 0 Å². The Kier molecular flexibility index (Phi) is 3.29. The zero-order valence-electron chi connectivity index (χ0n) is 11.4. The summed E-state index contributed by atoms with van der Waals surface area (Å²) < 4.78 is 5.54. The number of fused-ring (bicyclic) bond motifs is 1. The number of oxazole rings is 1. The predicted molar refractivity (Wildman–Crippen MR) is 81.8 cm³/mol. The second-order valence-corrected chi connectivity index (χ2v) is 4.80. The van der Waals surface area contributed by atoms with E-state index in [4.69, 9.17) is 10.2 Å². The molecule has 4 nitrogen and oxygen atoms in total. The lowest BCUT2D eigenvalue weighted by Crippen LogP contribution is -2.06. The van der Waals surface area contributed by atoms with Gasteiger partial charge in [0, 0.05) is 13.5 Å². The molecular formula is C16H17N3O. The molecule has 3 rings (SSSR count). The molecule has 0 radical (unpaired) electrons. The molecule has 0 bridgehead atoms. The zero-order chi connectivity index (χ0) is 13.9. The van der Waals surface area contributed by atoms with Crippen LogP contribution in [0.3, 0.4) is 0 Å². The number of aromatic nitrogens is 1. The third kappa shape index (κ3) is 2.59. The number of hydrogen-bond donors (Lipinski definition) is 2. The van der Waals surface area contributed by atoms with Crippen LogP contribution in [-0.4, -0.2) is 11.5 Å². The SMILES string of the molecule is Cc1nc2ccc(CCNc3ccccc3N)cc2o1. The van der Waals surface area contributed by atoms with E-state index in [1.807, 2.05) is 43.3 Å². The van der Waals surface area contributed by atoms with E-state index in [9.17, 15) is 0 Å². The van der Waals surface area contributed by atoms with Gasteiger partial charge in [0.25, 0.3) is 0 Å². The number of rotatable bonds is 4. The van der Waals surface area contributed by atoms with Gasteiger partial charge in [0.15, 0.2) is 11.5 Å². The summed E-state index contributed by atoms with van der Waals surface area (Å²) in [4.78, 5) is 4.29. The quantitative estimate of drug-likeness (QED) is 0.711. The second kappa shape index (κ2) is 5.25.